The molecule has 1 aromatic carbocycles. The number of benzene rings is 1. The molecule has 0 bridgehead atoms. The molecule has 1 atom stereocenters. The molecule has 6 nitrogen and oxygen atoms in total. The van der Waals surface area contributed by atoms with Crippen LogP contribution >= 0.6 is 0 Å². The molecule has 1 aliphatic carbocycles. The second kappa shape index (κ2) is 9.44. The lowest BCUT2D eigenvalue weighted by Gasteiger charge is -2.23. The van der Waals surface area contributed by atoms with Crippen molar-refractivity contribution in [1.82, 2.24) is 10.6 Å². The first kappa shape index (κ1) is 20.0. The fourth-order valence-corrected chi connectivity index (χ4v) is 5.31. The van der Waals surface area contributed by atoms with Gasteiger partial charge >= 0.3 is 0 Å². The van der Waals surface area contributed by atoms with Gasteiger partial charge in [-0.15, -0.1) is 0 Å². The molecule has 0 spiro atoms. The van der Waals surface area contributed by atoms with Gasteiger partial charge in [0.05, 0.1) is 24.2 Å². The van der Waals surface area contributed by atoms with Gasteiger partial charge in [0, 0.05) is 12.6 Å². The number of aliphatic imine (C=N–C) groups is 1. The smallest absolute Gasteiger partial charge is 0.191 e. The van der Waals surface area contributed by atoms with Crippen molar-refractivity contribution in [3.63, 3.8) is 0 Å². The summed E-state index contributed by atoms with van der Waals surface area (Å²) in [5.74, 6) is 2.04. The van der Waals surface area contributed by atoms with Crippen LogP contribution in [-0.2, 0) is 16.4 Å². The van der Waals surface area contributed by atoms with Gasteiger partial charge in [0.2, 0.25) is 0 Å². The first-order valence-corrected chi connectivity index (χ1v) is 11.9. The van der Waals surface area contributed by atoms with Crippen LogP contribution < -0.4 is 15.4 Å². The highest BCUT2D eigenvalue weighted by molar-refractivity contribution is 7.91. The van der Waals surface area contributed by atoms with Crippen LogP contribution in [-0.4, -0.2) is 44.6 Å². The Bertz CT molecular complexity index is 725. The first-order valence-electron chi connectivity index (χ1n) is 10.0. The number of rotatable bonds is 6. The van der Waals surface area contributed by atoms with Crippen LogP contribution in [0.4, 0.5) is 0 Å². The second-order valence-electron chi connectivity index (χ2n) is 7.46. The molecule has 1 heterocycles. The zero-order valence-corrected chi connectivity index (χ0v) is 16.9. The number of ether oxygens (including phenoxy) is 1. The van der Waals surface area contributed by atoms with Crippen molar-refractivity contribution in [3.05, 3.63) is 29.8 Å². The summed E-state index contributed by atoms with van der Waals surface area (Å²) in [5.41, 5.74) is 1.10. The highest BCUT2D eigenvalue weighted by Crippen LogP contribution is 2.23. The van der Waals surface area contributed by atoms with E-state index in [1.807, 2.05) is 31.2 Å². The number of guanidine groups is 1. The number of hydrogen-bond acceptors (Lipinski definition) is 4. The second-order valence-corrected chi connectivity index (χ2v) is 9.69. The SMILES string of the molecule is CCNC(=NCc1ccc(OC2CCCCC2)cc1)NC1CCS(=O)(=O)C1. The van der Waals surface area contributed by atoms with Crippen LogP contribution in [0.25, 0.3) is 0 Å². The van der Waals surface area contributed by atoms with E-state index in [9.17, 15) is 8.42 Å². The van der Waals surface area contributed by atoms with Crippen LogP contribution in [0.15, 0.2) is 29.3 Å². The van der Waals surface area contributed by atoms with Crippen LogP contribution in [0.5, 0.6) is 5.75 Å². The minimum absolute atomic E-state index is 0.0564. The van der Waals surface area contributed by atoms with Crippen molar-refractivity contribution in [1.29, 1.82) is 0 Å². The topological polar surface area (TPSA) is 79.8 Å². The zero-order valence-electron chi connectivity index (χ0n) is 16.1. The third-order valence-corrected chi connectivity index (χ3v) is 6.88. The zero-order chi connectivity index (χ0) is 19.1. The van der Waals surface area contributed by atoms with Crippen molar-refractivity contribution in [2.45, 2.75) is 64.1 Å². The first-order chi connectivity index (χ1) is 13.0. The Morgan fingerprint density at radius 1 is 1.15 bits per heavy atom. The molecule has 2 fully saturated rings. The van der Waals surface area contributed by atoms with E-state index in [-0.39, 0.29) is 17.5 Å². The van der Waals surface area contributed by atoms with Crippen molar-refractivity contribution >= 4 is 15.8 Å². The Hall–Kier alpha value is -1.76. The number of hydrogen-bond donors (Lipinski definition) is 2. The van der Waals surface area contributed by atoms with Gasteiger partial charge in [0.25, 0.3) is 0 Å². The van der Waals surface area contributed by atoms with Crippen LogP contribution in [0.1, 0.15) is 51.0 Å². The Morgan fingerprint density at radius 2 is 1.89 bits per heavy atom. The third kappa shape index (κ3) is 6.41. The molecule has 2 N–H and O–H groups in total. The average Bonchev–Trinajstić information content (AvgIpc) is 3.00. The predicted octanol–water partition coefficient (Wildman–Crippen LogP) is 2.64. The van der Waals surface area contributed by atoms with E-state index in [4.69, 9.17) is 4.74 Å². The summed E-state index contributed by atoms with van der Waals surface area (Å²) in [6.45, 7) is 3.28. The molecule has 3 rings (SSSR count). The van der Waals surface area contributed by atoms with E-state index in [2.05, 4.69) is 15.6 Å². The summed E-state index contributed by atoms with van der Waals surface area (Å²) in [7, 11) is -2.90. The summed E-state index contributed by atoms with van der Waals surface area (Å²) >= 11 is 0. The predicted molar refractivity (Wildman–Crippen MR) is 109 cm³/mol. The van der Waals surface area contributed by atoms with Gasteiger partial charge in [-0.1, -0.05) is 18.6 Å². The maximum absolute atomic E-state index is 11.6. The highest BCUT2D eigenvalue weighted by Gasteiger charge is 2.28. The molecular formula is C20H31N3O3S. The molecular weight excluding hydrogens is 362 g/mol. The molecule has 1 saturated heterocycles. The summed E-state index contributed by atoms with van der Waals surface area (Å²) in [5, 5.41) is 6.44. The van der Waals surface area contributed by atoms with Crippen molar-refractivity contribution in [3.8, 4) is 5.75 Å². The van der Waals surface area contributed by atoms with E-state index < -0.39 is 9.84 Å². The molecule has 0 amide bonds. The Balaban J connectivity index is 1.53. The lowest BCUT2D eigenvalue weighted by Crippen LogP contribution is -2.44. The lowest BCUT2D eigenvalue weighted by atomic mass is 9.98. The van der Waals surface area contributed by atoms with Crippen LogP contribution in [0, 0.1) is 0 Å². The lowest BCUT2D eigenvalue weighted by molar-refractivity contribution is 0.155. The summed E-state index contributed by atoms with van der Waals surface area (Å²) in [4.78, 5) is 4.60. The summed E-state index contributed by atoms with van der Waals surface area (Å²) in [6.07, 6.45) is 7.15. The minimum atomic E-state index is -2.90. The van der Waals surface area contributed by atoms with Gasteiger partial charge in [0.1, 0.15) is 5.75 Å². The maximum Gasteiger partial charge on any atom is 0.191 e. The largest absolute Gasteiger partial charge is 0.490 e. The summed E-state index contributed by atoms with van der Waals surface area (Å²) in [6, 6.07) is 8.07. The van der Waals surface area contributed by atoms with Crippen molar-refractivity contribution < 1.29 is 13.2 Å². The molecule has 2 aliphatic rings. The third-order valence-electron chi connectivity index (χ3n) is 5.12. The maximum atomic E-state index is 11.6. The van der Waals surface area contributed by atoms with Gasteiger partial charge in [-0.2, -0.15) is 0 Å². The Labute approximate surface area is 162 Å². The van der Waals surface area contributed by atoms with Crippen LogP contribution in [0.3, 0.4) is 0 Å². The molecule has 1 aliphatic heterocycles. The summed E-state index contributed by atoms with van der Waals surface area (Å²) < 4.78 is 29.3. The fraction of sp³-hybridized carbons (Fsp3) is 0.650. The molecule has 27 heavy (non-hydrogen) atoms. The van der Waals surface area contributed by atoms with Gasteiger partial charge in [-0.05, 0) is 56.7 Å². The normalized spacial score (nSPS) is 23.1. The van der Waals surface area contributed by atoms with Gasteiger partial charge in [0.15, 0.2) is 15.8 Å². The fourth-order valence-electron chi connectivity index (χ4n) is 3.64. The van der Waals surface area contributed by atoms with Crippen LogP contribution in [0.2, 0.25) is 0 Å². The standard InChI is InChI=1S/C20H31N3O3S/c1-2-21-20(23-17-12-13-27(24,25)15-17)22-14-16-8-10-19(11-9-16)26-18-6-4-3-5-7-18/h8-11,17-18H,2-7,12-15H2,1H3,(H2,21,22,23). The van der Waals surface area contributed by atoms with E-state index in [1.54, 1.807) is 0 Å². The number of nitrogens with zero attached hydrogens (tertiary/aromatic N) is 1. The Morgan fingerprint density at radius 3 is 2.52 bits per heavy atom. The van der Waals surface area contributed by atoms with E-state index in [1.165, 1.54) is 19.3 Å². The molecule has 7 heteroatoms. The number of sulfone groups is 1. The van der Waals surface area contributed by atoms with Gasteiger partial charge in [-0.3, -0.25) is 0 Å². The molecule has 150 valence electrons. The quantitative estimate of drug-likeness (QED) is 0.574. The Kier molecular flexibility index (Phi) is 6.99. The van der Waals surface area contributed by atoms with Gasteiger partial charge < -0.3 is 15.4 Å². The van der Waals surface area contributed by atoms with Gasteiger partial charge in [-0.25, -0.2) is 13.4 Å². The molecule has 0 radical (unpaired) electrons. The van der Waals surface area contributed by atoms with Crippen molar-refractivity contribution in [2.75, 3.05) is 18.1 Å². The highest BCUT2D eigenvalue weighted by atomic mass is 32.2. The minimum Gasteiger partial charge on any atom is -0.490 e. The average molecular weight is 394 g/mol. The van der Waals surface area contributed by atoms with Crippen molar-refractivity contribution in [2.24, 2.45) is 4.99 Å². The monoisotopic (exact) mass is 393 g/mol. The van der Waals surface area contributed by atoms with E-state index in [0.29, 0.717) is 25.0 Å². The molecule has 1 saturated carbocycles. The van der Waals surface area contributed by atoms with E-state index in [0.717, 1.165) is 30.7 Å². The molecule has 1 aromatic rings. The number of nitrogens with one attached hydrogen (secondary N) is 2. The van der Waals surface area contributed by atoms with E-state index >= 15 is 0 Å². The molecule has 0 aromatic heterocycles. The molecule has 1 unspecified atom stereocenters.